The van der Waals surface area contributed by atoms with E-state index in [-0.39, 0.29) is 22.5 Å². The van der Waals surface area contributed by atoms with E-state index in [1.54, 1.807) is 54.6 Å². The highest BCUT2D eigenvalue weighted by Gasteiger charge is 2.45. The second-order valence-electron chi connectivity index (χ2n) is 7.01. The molecule has 31 heavy (non-hydrogen) atoms. The Bertz CT molecular complexity index is 1160. The summed E-state index contributed by atoms with van der Waals surface area (Å²) in [7, 11) is 2.87. The van der Waals surface area contributed by atoms with Crippen molar-refractivity contribution in [1.29, 1.82) is 0 Å². The van der Waals surface area contributed by atoms with E-state index in [0.717, 1.165) is 16.7 Å². The van der Waals surface area contributed by atoms with Gasteiger partial charge in [0, 0.05) is 5.56 Å². The van der Waals surface area contributed by atoms with Crippen molar-refractivity contribution in [3.05, 3.63) is 71.8 Å². The molecule has 0 bridgehead atoms. The van der Waals surface area contributed by atoms with E-state index in [9.17, 15) is 19.5 Å². The zero-order valence-electron chi connectivity index (χ0n) is 16.8. The third kappa shape index (κ3) is 3.85. The Hall–Kier alpha value is -3.43. The Balaban J connectivity index is 1.71. The minimum Gasteiger partial charge on any atom is -0.387 e. The maximum atomic E-state index is 13.3. The Morgan fingerprint density at radius 3 is 2.29 bits per heavy atom. The molecule has 156 valence electrons. The summed E-state index contributed by atoms with van der Waals surface area (Å²) in [5.74, 6) is -0.722. The van der Waals surface area contributed by atoms with Crippen molar-refractivity contribution in [2.24, 2.45) is 9.98 Å². The van der Waals surface area contributed by atoms with E-state index >= 15 is 0 Å². The van der Waals surface area contributed by atoms with Crippen LogP contribution in [0.25, 0.3) is 0 Å². The molecule has 0 aromatic heterocycles. The standard InChI is InChI=1S/C22H19N4O4S/c1-25-19-15(20(29)26(2)22(25)30)23-21(24-19)31-18(16(27)13-9-5-3-6-10-13)17(28)14-11-7-4-8-12-14/h3-12,16,18,27H,1-2H3/q+1. The number of hydrogen-bond acceptors (Lipinski definition) is 7. The number of amides is 3. The first-order valence-corrected chi connectivity index (χ1v) is 10.4. The molecule has 2 unspecified atom stereocenters. The van der Waals surface area contributed by atoms with E-state index in [0.29, 0.717) is 11.1 Å². The van der Waals surface area contributed by atoms with Crippen LogP contribution < -0.4 is 0 Å². The monoisotopic (exact) mass is 435 g/mol. The quantitative estimate of drug-likeness (QED) is 0.573. The number of rotatable bonds is 5. The van der Waals surface area contributed by atoms with E-state index in [4.69, 9.17) is 0 Å². The third-order valence-electron chi connectivity index (χ3n) is 5.00. The lowest BCUT2D eigenvalue weighted by atomic mass is 10.00. The minimum absolute atomic E-state index is 0.0345. The number of amidine groups is 2. The van der Waals surface area contributed by atoms with Gasteiger partial charge in [0.05, 0.1) is 20.2 Å². The minimum atomic E-state index is -1.13. The number of carbonyl (C=O) groups is 3. The number of ketones is 1. The molecule has 0 fully saturated rings. The molecule has 0 spiro atoms. The smallest absolute Gasteiger partial charge is 0.387 e. The van der Waals surface area contributed by atoms with Crippen LogP contribution in [0.5, 0.6) is 0 Å². The van der Waals surface area contributed by atoms with Crippen LogP contribution in [0.15, 0.2) is 70.6 Å². The van der Waals surface area contributed by atoms with E-state index in [2.05, 4.69) is 9.98 Å². The second-order valence-corrected chi connectivity index (χ2v) is 8.12. The number of benzene rings is 2. The van der Waals surface area contributed by atoms with Gasteiger partial charge in [-0.15, -0.1) is 0 Å². The largest absolute Gasteiger partial charge is 0.446 e. The molecule has 2 aliphatic rings. The fourth-order valence-electron chi connectivity index (χ4n) is 3.27. The molecule has 0 saturated carbocycles. The summed E-state index contributed by atoms with van der Waals surface area (Å²) < 4.78 is 1.23. The Morgan fingerprint density at radius 2 is 1.65 bits per heavy atom. The summed E-state index contributed by atoms with van der Waals surface area (Å²) in [6.45, 7) is 0. The highest BCUT2D eigenvalue weighted by atomic mass is 32.2. The predicted octanol–water partition coefficient (Wildman–Crippen LogP) is 2.15. The number of carbonyl (C=O) groups excluding carboxylic acids is 3. The van der Waals surface area contributed by atoms with Gasteiger partial charge in [0.2, 0.25) is 5.71 Å². The van der Waals surface area contributed by atoms with E-state index in [1.165, 1.54) is 18.7 Å². The molecule has 8 nitrogen and oxygen atoms in total. The van der Waals surface area contributed by atoms with Crippen LogP contribution in [0.4, 0.5) is 4.79 Å². The lowest BCUT2D eigenvalue weighted by Gasteiger charge is -2.20. The van der Waals surface area contributed by atoms with Gasteiger partial charge in [0.15, 0.2) is 5.78 Å². The highest BCUT2D eigenvalue weighted by Crippen LogP contribution is 2.32. The number of imide groups is 1. The maximum Gasteiger partial charge on any atom is 0.446 e. The first-order chi connectivity index (χ1) is 14.9. The summed E-state index contributed by atoms with van der Waals surface area (Å²) in [5.41, 5.74) is 1.05. The van der Waals surface area contributed by atoms with Crippen LogP contribution in [0.1, 0.15) is 22.0 Å². The van der Waals surface area contributed by atoms with Crippen molar-refractivity contribution in [3.8, 4) is 0 Å². The SMILES string of the molecule is CN1C(=O)C2=NC(SC(C(=O)c3ccccc3)C(O)c3ccccc3)=NC2=[N+](C)C1=O. The van der Waals surface area contributed by atoms with Gasteiger partial charge >= 0.3 is 17.8 Å². The lowest BCUT2D eigenvalue weighted by molar-refractivity contribution is -0.401. The highest BCUT2D eigenvalue weighted by molar-refractivity contribution is 8.15. The van der Waals surface area contributed by atoms with E-state index < -0.39 is 23.3 Å². The molecule has 1 N–H and O–H groups in total. The zero-order valence-corrected chi connectivity index (χ0v) is 17.6. The number of hydrogen-bond donors (Lipinski definition) is 1. The number of aliphatic hydroxyl groups is 1. The normalized spacial score (nSPS) is 17.8. The molecule has 4 rings (SSSR count). The van der Waals surface area contributed by atoms with Gasteiger partial charge in [0.1, 0.15) is 5.25 Å². The molecule has 2 atom stereocenters. The fourth-order valence-corrected chi connectivity index (χ4v) is 4.31. The summed E-state index contributed by atoms with van der Waals surface area (Å²) in [4.78, 5) is 47.4. The van der Waals surface area contributed by atoms with Crippen LogP contribution in [-0.2, 0) is 4.79 Å². The van der Waals surface area contributed by atoms with Crippen molar-refractivity contribution in [2.75, 3.05) is 14.1 Å². The first-order valence-electron chi connectivity index (χ1n) is 9.48. The molecule has 2 aromatic carbocycles. The first kappa shape index (κ1) is 20.8. The molecular weight excluding hydrogens is 416 g/mol. The van der Waals surface area contributed by atoms with Gasteiger partial charge in [-0.05, 0) is 5.56 Å². The third-order valence-corrected chi connectivity index (χ3v) is 6.12. The van der Waals surface area contributed by atoms with Crippen molar-refractivity contribution in [3.63, 3.8) is 0 Å². The summed E-state index contributed by atoms with van der Waals surface area (Å²) in [6, 6.07) is 17.0. The maximum absolute atomic E-state index is 13.3. The van der Waals surface area contributed by atoms with Crippen LogP contribution in [0.3, 0.4) is 0 Å². The summed E-state index contributed by atoms with van der Waals surface area (Å²) >= 11 is 0.964. The number of aliphatic imine (C=N–C) groups is 2. The van der Waals surface area contributed by atoms with E-state index in [1.807, 2.05) is 6.07 Å². The summed E-state index contributed by atoms with van der Waals surface area (Å²) in [5, 5.41) is 10.2. The molecule has 2 aliphatic heterocycles. The molecule has 9 heteroatoms. The Labute approximate surface area is 182 Å². The fraction of sp³-hybridized carbons (Fsp3) is 0.182. The lowest BCUT2D eigenvalue weighted by Crippen LogP contribution is -2.51. The van der Waals surface area contributed by atoms with Gasteiger partial charge in [-0.1, -0.05) is 77.4 Å². The number of thioether (sulfide) groups is 1. The van der Waals surface area contributed by atoms with Crippen molar-refractivity contribution in [2.45, 2.75) is 11.4 Å². The molecule has 0 radical (unpaired) electrons. The van der Waals surface area contributed by atoms with Crippen LogP contribution in [0, 0.1) is 0 Å². The van der Waals surface area contributed by atoms with Gasteiger partial charge < -0.3 is 5.11 Å². The van der Waals surface area contributed by atoms with Gasteiger partial charge in [-0.25, -0.2) is 9.59 Å². The van der Waals surface area contributed by atoms with Crippen molar-refractivity contribution >= 4 is 46.2 Å². The number of urea groups is 1. The molecule has 2 aromatic rings. The van der Waals surface area contributed by atoms with Crippen LogP contribution in [0.2, 0.25) is 0 Å². The average molecular weight is 435 g/mol. The number of aliphatic hydroxyl groups excluding tert-OH is 1. The predicted molar refractivity (Wildman–Crippen MR) is 118 cm³/mol. The summed E-state index contributed by atoms with van der Waals surface area (Å²) in [6.07, 6.45) is -1.13. The van der Waals surface area contributed by atoms with Crippen LogP contribution >= 0.6 is 11.8 Å². The van der Waals surface area contributed by atoms with Gasteiger partial charge in [-0.2, -0.15) is 14.5 Å². The number of fused-ring (bicyclic) bond motifs is 1. The molecule has 2 heterocycles. The average Bonchev–Trinajstić information content (AvgIpc) is 3.24. The van der Waals surface area contributed by atoms with Gasteiger partial charge in [0.25, 0.3) is 5.17 Å². The van der Waals surface area contributed by atoms with Gasteiger partial charge in [-0.3, -0.25) is 4.79 Å². The Kier molecular flexibility index (Phi) is 5.62. The van der Waals surface area contributed by atoms with Crippen molar-refractivity contribution in [1.82, 2.24) is 4.90 Å². The van der Waals surface area contributed by atoms with Crippen LogP contribution in [-0.4, -0.2) is 68.4 Å². The number of nitrogens with zero attached hydrogens (tertiary/aromatic N) is 4. The molecule has 0 saturated heterocycles. The second kappa shape index (κ2) is 8.37. The zero-order chi connectivity index (χ0) is 22.1. The molecule has 3 amide bonds. The topological polar surface area (TPSA) is 102 Å². The Morgan fingerprint density at radius 1 is 1.03 bits per heavy atom. The number of Topliss-reactive ketones (excluding diaryl/α,β-unsaturated/α-hetero) is 1. The molecule has 0 aliphatic carbocycles. The molecular formula is C22H19N4O4S+. The van der Waals surface area contributed by atoms with Crippen molar-refractivity contribution < 1.29 is 24.1 Å².